The molecule has 16 heteroatoms. The third-order valence-electron chi connectivity index (χ3n) is 9.20. The first-order valence-electron chi connectivity index (χ1n) is 18.4. The highest BCUT2D eigenvalue weighted by atomic mass is 79.9. The summed E-state index contributed by atoms with van der Waals surface area (Å²) < 4.78 is 12.2. The van der Waals surface area contributed by atoms with Gasteiger partial charge < -0.3 is 30.9 Å². The molecular weight excluding hydrogens is 936 g/mol. The molecular formula is C44H36Br2N4O8S2. The quantitative estimate of drug-likeness (QED) is 0.0296. The first-order chi connectivity index (χ1) is 28.9. The molecule has 0 aliphatic carbocycles. The lowest BCUT2D eigenvalue weighted by molar-refractivity contribution is -0.149. The number of benzene rings is 4. The maximum atomic E-state index is 14.7. The van der Waals surface area contributed by atoms with Crippen LogP contribution in [0.3, 0.4) is 0 Å². The number of carbonyl (C=O) groups excluding carboxylic acids is 6. The lowest BCUT2D eigenvalue weighted by Crippen LogP contribution is -2.31. The van der Waals surface area contributed by atoms with E-state index in [0.717, 1.165) is 30.5 Å². The Morgan fingerprint density at radius 2 is 0.883 bits per heavy atom. The Balaban J connectivity index is 1.64. The summed E-state index contributed by atoms with van der Waals surface area (Å²) in [4.78, 5) is 89.8. The number of nitrogens with two attached hydrogens (primary N) is 2. The number of ketones is 2. The van der Waals surface area contributed by atoms with Gasteiger partial charge in [0.25, 0.3) is 0 Å². The van der Waals surface area contributed by atoms with E-state index in [-0.39, 0.29) is 68.0 Å². The number of ether oxygens (including phenoxy) is 2. The number of halogens is 2. The molecule has 12 nitrogen and oxygen atoms in total. The monoisotopic (exact) mass is 970 g/mol. The second-order valence-electron chi connectivity index (χ2n) is 13.0. The Kier molecular flexibility index (Phi) is 14.3. The molecule has 2 aromatic heterocycles. The molecule has 0 saturated carbocycles. The zero-order valence-electron chi connectivity index (χ0n) is 32.0. The van der Waals surface area contributed by atoms with Crippen molar-refractivity contribution in [2.45, 2.75) is 35.7 Å². The molecule has 2 unspecified atom stereocenters. The van der Waals surface area contributed by atoms with Crippen molar-refractivity contribution in [2.75, 3.05) is 13.2 Å². The van der Waals surface area contributed by atoms with Gasteiger partial charge in [0.1, 0.15) is 0 Å². The largest absolute Gasteiger partial charge is 0.465 e. The van der Waals surface area contributed by atoms with Gasteiger partial charge in [0.05, 0.1) is 45.8 Å². The van der Waals surface area contributed by atoms with E-state index in [9.17, 15) is 28.8 Å². The van der Waals surface area contributed by atoms with E-state index in [1.54, 1.807) is 123 Å². The molecule has 6 N–H and O–H groups in total. The summed E-state index contributed by atoms with van der Waals surface area (Å²) in [6, 6.07) is 30.6. The average Bonchev–Trinajstić information content (AvgIpc) is 3.79. The topological polar surface area (TPSA) is 204 Å². The van der Waals surface area contributed by atoms with Crippen LogP contribution >= 0.6 is 53.4 Å². The molecule has 0 fully saturated rings. The van der Waals surface area contributed by atoms with Crippen LogP contribution in [0.1, 0.15) is 68.7 Å². The second kappa shape index (κ2) is 19.6. The Morgan fingerprint density at radius 1 is 0.550 bits per heavy atom. The molecule has 0 saturated heterocycles. The van der Waals surface area contributed by atoms with Crippen LogP contribution in [0.25, 0.3) is 22.5 Å². The van der Waals surface area contributed by atoms with Gasteiger partial charge in [-0.15, -0.1) is 0 Å². The summed E-state index contributed by atoms with van der Waals surface area (Å²) in [5, 5.41) is 0.377. The van der Waals surface area contributed by atoms with Gasteiger partial charge in [-0.3, -0.25) is 28.8 Å². The number of H-pyrrole nitrogens is 2. The van der Waals surface area contributed by atoms with Crippen molar-refractivity contribution in [3.05, 3.63) is 152 Å². The van der Waals surface area contributed by atoms with Crippen molar-refractivity contribution in [1.29, 1.82) is 0 Å². The first kappa shape index (κ1) is 43.9. The molecule has 60 heavy (non-hydrogen) atoms. The van der Waals surface area contributed by atoms with Gasteiger partial charge in [-0.2, -0.15) is 0 Å². The zero-order valence-corrected chi connectivity index (χ0v) is 36.8. The highest BCUT2D eigenvalue weighted by Crippen LogP contribution is 2.49. The third-order valence-corrected chi connectivity index (χ3v) is 12.5. The minimum atomic E-state index is -1.71. The van der Waals surface area contributed by atoms with Crippen LogP contribution in [-0.4, -0.2) is 58.5 Å². The molecule has 4 aromatic carbocycles. The highest BCUT2D eigenvalue weighted by Gasteiger charge is 2.40. The van der Waals surface area contributed by atoms with Crippen molar-refractivity contribution >= 4 is 88.8 Å². The summed E-state index contributed by atoms with van der Waals surface area (Å²) in [6.07, 6.45) is 0. The number of rotatable bonds is 17. The fraction of sp³-hybridized carbons (Fsp3) is 0.136. The highest BCUT2D eigenvalue weighted by molar-refractivity contribution is 9.10. The van der Waals surface area contributed by atoms with Crippen molar-refractivity contribution in [2.24, 2.45) is 11.5 Å². The SMILES string of the molecule is CCOC(=O)C(C(N)=O)c1c(-c2ccc(Br)cc2)[nH]c(SSc2[nH]c(-c3ccc(Br)cc3)c(C(C(N)=O)C(=O)OCC)c2C(=O)c2ccccc2)c1C(=O)c1ccccc1. The molecule has 0 bridgehead atoms. The minimum absolute atomic E-state index is 0.000333. The van der Waals surface area contributed by atoms with Gasteiger partial charge in [-0.25, -0.2) is 0 Å². The number of hydrogen-bond donors (Lipinski definition) is 4. The minimum Gasteiger partial charge on any atom is -0.465 e. The number of nitrogens with one attached hydrogen (secondary N) is 2. The number of primary amides is 2. The van der Waals surface area contributed by atoms with E-state index in [1.807, 2.05) is 0 Å². The number of carbonyl (C=O) groups is 6. The van der Waals surface area contributed by atoms with Gasteiger partial charge in [0.2, 0.25) is 11.8 Å². The molecule has 0 aliphatic heterocycles. The molecule has 6 aromatic rings. The van der Waals surface area contributed by atoms with Crippen LogP contribution in [0.2, 0.25) is 0 Å². The maximum Gasteiger partial charge on any atom is 0.323 e. The van der Waals surface area contributed by atoms with Gasteiger partial charge in [-0.05, 0) is 70.8 Å². The summed E-state index contributed by atoms with van der Waals surface area (Å²) in [5.74, 6) is -8.48. The normalized spacial score (nSPS) is 12.0. The van der Waals surface area contributed by atoms with Gasteiger partial charge in [0, 0.05) is 31.2 Å². The number of esters is 2. The predicted octanol–water partition coefficient (Wildman–Crippen LogP) is 8.73. The van der Waals surface area contributed by atoms with Gasteiger partial charge in [-0.1, -0.05) is 117 Å². The van der Waals surface area contributed by atoms with Crippen molar-refractivity contribution < 1.29 is 38.2 Å². The van der Waals surface area contributed by atoms with Crippen LogP contribution in [-0.2, 0) is 28.7 Å². The third kappa shape index (κ3) is 9.36. The Hall–Kier alpha value is -5.68. The van der Waals surface area contributed by atoms with Crippen LogP contribution in [0, 0.1) is 0 Å². The van der Waals surface area contributed by atoms with Crippen LogP contribution < -0.4 is 11.5 Å². The average molecular weight is 973 g/mol. The van der Waals surface area contributed by atoms with Crippen molar-refractivity contribution in [1.82, 2.24) is 9.97 Å². The predicted molar refractivity (Wildman–Crippen MR) is 236 cm³/mol. The molecule has 0 spiro atoms. The van der Waals surface area contributed by atoms with E-state index in [2.05, 4.69) is 41.8 Å². The first-order valence-corrected chi connectivity index (χ1v) is 22.1. The van der Waals surface area contributed by atoms with E-state index in [0.29, 0.717) is 11.1 Å². The maximum absolute atomic E-state index is 14.7. The number of amides is 2. The summed E-state index contributed by atoms with van der Waals surface area (Å²) in [5.41, 5.74) is 13.8. The molecule has 0 aliphatic rings. The Morgan fingerprint density at radius 3 is 1.18 bits per heavy atom. The number of aromatic amines is 2. The van der Waals surface area contributed by atoms with Crippen LogP contribution in [0.5, 0.6) is 0 Å². The van der Waals surface area contributed by atoms with Gasteiger partial charge >= 0.3 is 11.9 Å². The van der Waals surface area contributed by atoms with Crippen molar-refractivity contribution in [3.63, 3.8) is 0 Å². The molecule has 2 atom stereocenters. The van der Waals surface area contributed by atoms with Crippen molar-refractivity contribution in [3.8, 4) is 22.5 Å². The molecule has 0 radical (unpaired) electrons. The Bertz CT molecular complexity index is 2400. The fourth-order valence-corrected chi connectivity index (χ4v) is 9.38. The van der Waals surface area contributed by atoms with Gasteiger partial charge in [0.15, 0.2) is 23.4 Å². The van der Waals surface area contributed by atoms with E-state index in [1.165, 1.54) is 0 Å². The second-order valence-corrected chi connectivity index (χ2v) is 17.0. The summed E-state index contributed by atoms with van der Waals surface area (Å²) in [7, 11) is 2.00. The summed E-state index contributed by atoms with van der Waals surface area (Å²) in [6.45, 7) is 3.05. The molecule has 2 amide bonds. The smallest absolute Gasteiger partial charge is 0.323 e. The van der Waals surface area contributed by atoms with Crippen LogP contribution in [0.4, 0.5) is 0 Å². The lowest BCUT2D eigenvalue weighted by Gasteiger charge is -2.16. The molecule has 306 valence electrons. The lowest BCUT2D eigenvalue weighted by atomic mass is 9.89. The molecule has 6 rings (SSSR count). The standard InChI is InChI=1S/C44H36Br2N4O8S2/c1-3-57-43(55)33(39(47)53)29-31(37(51)25-11-7-5-8-12-25)41(49-35(29)23-15-19-27(45)20-16-23)59-60-42-32(38(52)26-13-9-6-10-14-26)30(34(40(48)54)44(56)58-4-2)36(50-42)24-17-21-28(46)22-18-24/h5-22,33-34,49-50H,3-4H2,1-2H3,(H2,47,53)(H2,48,54). The fourth-order valence-electron chi connectivity index (χ4n) is 6.58. The zero-order chi connectivity index (χ0) is 43.1. The van der Waals surface area contributed by atoms with Crippen LogP contribution in [0.15, 0.2) is 128 Å². The molecule has 2 heterocycles. The van der Waals surface area contributed by atoms with E-state index < -0.39 is 47.2 Å². The number of aromatic nitrogens is 2. The Labute approximate surface area is 369 Å². The van der Waals surface area contributed by atoms with E-state index in [4.69, 9.17) is 20.9 Å². The summed E-state index contributed by atoms with van der Waals surface area (Å²) >= 11 is 6.89. The number of hydrogen-bond acceptors (Lipinski definition) is 10. The van der Waals surface area contributed by atoms with E-state index >= 15 is 0 Å².